The Balaban J connectivity index is 1.43. The van der Waals surface area contributed by atoms with Gasteiger partial charge < -0.3 is 15.7 Å². The summed E-state index contributed by atoms with van der Waals surface area (Å²) in [6.07, 6.45) is 3.89. The molecule has 182 valence electrons. The van der Waals surface area contributed by atoms with Crippen LogP contribution in [0.3, 0.4) is 0 Å². The van der Waals surface area contributed by atoms with E-state index < -0.39 is 17.2 Å². The van der Waals surface area contributed by atoms with E-state index in [1.54, 1.807) is 13.8 Å². The van der Waals surface area contributed by atoms with Crippen molar-refractivity contribution in [3.05, 3.63) is 29.6 Å². The van der Waals surface area contributed by atoms with Crippen LogP contribution in [0.5, 0.6) is 0 Å². The maximum absolute atomic E-state index is 14.3. The molecule has 3 heterocycles. The first-order valence-corrected chi connectivity index (χ1v) is 11.9. The molecule has 0 bridgehead atoms. The average Bonchev–Trinajstić information content (AvgIpc) is 3.43. The van der Waals surface area contributed by atoms with Crippen molar-refractivity contribution in [1.82, 2.24) is 24.5 Å². The number of carbonyl (C=O) groups is 1. The van der Waals surface area contributed by atoms with Crippen LogP contribution in [0.25, 0.3) is 16.6 Å². The minimum absolute atomic E-state index is 0.0347. The SMILES string of the molecule is C[C@H]1CC[C@@H](c2nc3c4cc(F)cc(F)c4nc(N)n3n2)CN1C(=O)C1CCC(C(C)(C)O)C1. The van der Waals surface area contributed by atoms with E-state index in [4.69, 9.17) is 5.73 Å². The Hall–Kier alpha value is -2.88. The summed E-state index contributed by atoms with van der Waals surface area (Å²) in [5.41, 5.74) is 5.41. The van der Waals surface area contributed by atoms with E-state index in [0.29, 0.717) is 18.8 Å². The monoisotopic (exact) mass is 472 g/mol. The third-order valence-corrected chi connectivity index (χ3v) is 7.65. The molecule has 1 aliphatic carbocycles. The van der Waals surface area contributed by atoms with E-state index in [9.17, 15) is 18.7 Å². The van der Waals surface area contributed by atoms with Gasteiger partial charge in [0.15, 0.2) is 17.3 Å². The zero-order valence-electron chi connectivity index (χ0n) is 19.6. The summed E-state index contributed by atoms with van der Waals surface area (Å²) in [6, 6.07) is 2.04. The van der Waals surface area contributed by atoms with E-state index in [0.717, 1.165) is 31.7 Å². The standard InChI is InChI=1S/C24H30F2N6O2/c1-12-4-5-14(11-31(12)22(33)13-6-7-15(8-13)24(2,3)34)20-29-21-17-9-16(25)10-18(26)19(17)28-23(27)32(21)30-20/h9-10,12-15,34H,4-8,11H2,1-3H3,(H2,27,28)/t12-,13?,14+,15?/m0/s1. The number of benzene rings is 1. The lowest BCUT2D eigenvalue weighted by atomic mass is 9.88. The summed E-state index contributed by atoms with van der Waals surface area (Å²) in [5.74, 6) is -1.08. The van der Waals surface area contributed by atoms with E-state index in [1.165, 1.54) is 10.6 Å². The van der Waals surface area contributed by atoms with Crippen LogP contribution in [-0.2, 0) is 4.79 Å². The second-order valence-corrected chi connectivity index (χ2v) is 10.4. The predicted octanol–water partition coefficient (Wildman–Crippen LogP) is 3.42. The Kier molecular flexibility index (Phi) is 5.46. The number of nitrogens with zero attached hydrogens (tertiary/aromatic N) is 5. The topological polar surface area (TPSA) is 110 Å². The molecule has 4 atom stereocenters. The van der Waals surface area contributed by atoms with Crippen molar-refractivity contribution in [3.63, 3.8) is 0 Å². The van der Waals surface area contributed by atoms with Crippen LogP contribution < -0.4 is 5.73 Å². The number of amides is 1. The molecule has 1 amide bonds. The highest BCUT2D eigenvalue weighted by Crippen LogP contribution is 2.40. The van der Waals surface area contributed by atoms with Gasteiger partial charge in [-0.3, -0.25) is 4.79 Å². The van der Waals surface area contributed by atoms with Crippen molar-refractivity contribution in [2.75, 3.05) is 12.3 Å². The van der Waals surface area contributed by atoms with Gasteiger partial charge in [0.05, 0.1) is 11.0 Å². The molecule has 8 nitrogen and oxygen atoms in total. The lowest BCUT2D eigenvalue weighted by molar-refractivity contribution is -0.139. The third kappa shape index (κ3) is 3.87. The maximum Gasteiger partial charge on any atom is 0.225 e. The van der Waals surface area contributed by atoms with Crippen LogP contribution in [0.1, 0.15) is 64.6 Å². The van der Waals surface area contributed by atoms with Gasteiger partial charge in [-0.2, -0.15) is 4.52 Å². The first kappa shape index (κ1) is 22.9. The predicted molar refractivity (Wildman–Crippen MR) is 123 cm³/mol. The molecule has 3 N–H and O–H groups in total. The summed E-state index contributed by atoms with van der Waals surface area (Å²) in [4.78, 5) is 24.0. The van der Waals surface area contributed by atoms with Crippen LogP contribution in [-0.4, -0.2) is 53.7 Å². The van der Waals surface area contributed by atoms with Gasteiger partial charge in [0.25, 0.3) is 0 Å². The Morgan fingerprint density at radius 1 is 1.18 bits per heavy atom. The summed E-state index contributed by atoms with van der Waals surface area (Å²) in [6.45, 7) is 6.13. The number of hydrogen-bond acceptors (Lipinski definition) is 6. The first-order chi connectivity index (χ1) is 16.0. The number of hydrogen-bond donors (Lipinski definition) is 2. The molecule has 34 heavy (non-hydrogen) atoms. The van der Waals surface area contributed by atoms with Crippen molar-refractivity contribution in [2.24, 2.45) is 11.8 Å². The van der Waals surface area contributed by atoms with Crippen molar-refractivity contribution >= 4 is 28.4 Å². The average molecular weight is 473 g/mol. The molecular formula is C24H30F2N6O2. The number of fused-ring (bicyclic) bond motifs is 3. The number of carbonyl (C=O) groups excluding carboxylic acids is 1. The smallest absolute Gasteiger partial charge is 0.225 e. The van der Waals surface area contributed by atoms with Gasteiger partial charge in [-0.15, -0.1) is 5.10 Å². The van der Waals surface area contributed by atoms with Gasteiger partial charge in [0, 0.05) is 30.5 Å². The number of anilines is 1. The van der Waals surface area contributed by atoms with Crippen LogP contribution in [0.2, 0.25) is 0 Å². The van der Waals surface area contributed by atoms with Gasteiger partial charge in [-0.25, -0.2) is 18.7 Å². The number of rotatable bonds is 3. The summed E-state index contributed by atoms with van der Waals surface area (Å²) in [5, 5.41) is 15.1. The normalized spacial score (nSPS) is 26.0. The molecule has 1 aliphatic heterocycles. The quantitative estimate of drug-likeness (QED) is 0.605. The zero-order chi connectivity index (χ0) is 24.4. The number of aliphatic hydroxyl groups is 1. The molecule has 1 saturated carbocycles. The second-order valence-electron chi connectivity index (χ2n) is 10.4. The first-order valence-electron chi connectivity index (χ1n) is 11.9. The van der Waals surface area contributed by atoms with Gasteiger partial charge in [0.1, 0.15) is 11.3 Å². The van der Waals surface area contributed by atoms with Crippen molar-refractivity contribution < 1.29 is 18.7 Å². The minimum atomic E-state index is -0.807. The second kappa shape index (κ2) is 8.11. The molecule has 1 aromatic carbocycles. The fourth-order valence-electron chi connectivity index (χ4n) is 5.55. The molecular weight excluding hydrogens is 442 g/mol. The van der Waals surface area contributed by atoms with Crippen molar-refractivity contribution in [1.29, 1.82) is 0 Å². The molecule has 2 aromatic heterocycles. The Morgan fingerprint density at radius 2 is 1.94 bits per heavy atom. The van der Waals surface area contributed by atoms with E-state index in [2.05, 4.69) is 22.0 Å². The molecule has 2 aliphatic rings. The third-order valence-electron chi connectivity index (χ3n) is 7.65. The van der Waals surface area contributed by atoms with Crippen LogP contribution in [0.15, 0.2) is 12.1 Å². The highest BCUT2D eigenvalue weighted by molar-refractivity contribution is 5.92. The molecule has 0 radical (unpaired) electrons. The van der Waals surface area contributed by atoms with Crippen molar-refractivity contribution in [3.8, 4) is 0 Å². The minimum Gasteiger partial charge on any atom is -0.390 e. The Morgan fingerprint density at radius 3 is 2.65 bits per heavy atom. The fraction of sp³-hybridized carbons (Fsp3) is 0.583. The summed E-state index contributed by atoms with van der Waals surface area (Å²) < 4.78 is 29.5. The lowest BCUT2D eigenvalue weighted by Gasteiger charge is -2.38. The molecule has 3 aromatic rings. The van der Waals surface area contributed by atoms with Gasteiger partial charge in [-0.05, 0) is 64.9 Å². The van der Waals surface area contributed by atoms with Gasteiger partial charge >= 0.3 is 0 Å². The number of nitrogen functional groups attached to an aromatic ring is 1. The summed E-state index contributed by atoms with van der Waals surface area (Å²) in [7, 11) is 0. The molecule has 10 heteroatoms. The largest absolute Gasteiger partial charge is 0.390 e. The number of likely N-dealkylation sites (tertiary alicyclic amines) is 1. The number of halogens is 2. The molecule has 2 unspecified atom stereocenters. The van der Waals surface area contributed by atoms with Gasteiger partial charge in [0.2, 0.25) is 11.9 Å². The molecule has 2 fully saturated rings. The number of aromatic nitrogens is 4. The number of piperidine rings is 1. The maximum atomic E-state index is 14.3. The van der Waals surface area contributed by atoms with Crippen LogP contribution in [0, 0.1) is 23.5 Å². The van der Waals surface area contributed by atoms with E-state index >= 15 is 0 Å². The molecule has 5 rings (SSSR count). The van der Waals surface area contributed by atoms with Crippen molar-refractivity contribution in [2.45, 2.75) is 70.4 Å². The highest BCUT2D eigenvalue weighted by Gasteiger charge is 2.41. The van der Waals surface area contributed by atoms with Gasteiger partial charge in [-0.1, -0.05) is 0 Å². The lowest BCUT2D eigenvalue weighted by Crippen LogP contribution is -2.47. The fourth-order valence-corrected chi connectivity index (χ4v) is 5.55. The van der Waals surface area contributed by atoms with Crippen LogP contribution >= 0.6 is 0 Å². The highest BCUT2D eigenvalue weighted by atomic mass is 19.1. The number of nitrogens with two attached hydrogens (primary N) is 1. The molecule has 1 saturated heterocycles. The van der Waals surface area contributed by atoms with E-state index in [-0.39, 0.29) is 52.2 Å². The van der Waals surface area contributed by atoms with E-state index in [1.807, 2.05) is 4.90 Å². The summed E-state index contributed by atoms with van der Waals surface area (Å²) >= 11 is 0. The Labute approximate surface area is 196 Å². The Bertz CT molecular complexity index is 1270. The zero-order valence-corrected chi connectivity index (χ0v) is 19.6. The molecule has 0 spiro atoms. The van der Waals surface area contributed by atoms with Crippen LogP contribution in [0.4, 0.5) is 14.7 Å².